The molecule has 1 heterocycles. The third-order valence-corrected chi connectivity index (χ3v) is 5.21. The van der Waals surface area contributed by atoms with Gasteiger partial charge in [0.05, 0.1) is 0 Å². The molecule has 0 radical (unpaired) electrons. The number of rotatable bonds is 6. The fourth-order valence-electron chi connectivity index (χ4n) is 2.77. The minimum absolute atomic E-state index is 0.0365. The molecule has 1 aliphatic rings. The molecular formula is C15H17F3N2O5S. The van der Waals surface area contributed by atoms with Gasteiger partial charge in [0.2, 0.25) is 5.91 Å². The number of carboxylic acids is 1. The number of nitrogens with one attached hydrogen (secondary N) is 1. The number of alkyl halides is 3. The quantitative estimate of drug-likeness (QED) is 0.752. The van der Waals surface area contributed by atoms with E-state index in [4.69, 9.17) is 5.11 Å². The van der Waals surface area contributed by atoms with Gasteiger partial charge in [0.1, 0.15) is 12.1 Å². The lowest BCUT2D eigenvalue weighted by Gasteiger charge is -2.27. The number of carboxylic acid groups (broad SMARTS) is 1. The number of hydrogen-bond acceptors (Lipinski definition) is 4. The largest absolute Gasteiger partial charge is 0.511 e. The lowest BCUT2D eigenvalue weighted by molar-refractivity contribution is -0.148. The third kappa shape index (κ3) is 4.52. The summed E-state index contributed by atoms with van der Waals surface area (Å²) in [6.45, 7) is 0.0365. The maximum atomic E-state index is 12.7. The van der Waals surface area contributed by atoms with E-state index in [2.05, 4.69) is 0 Å². The van der Waals surface area contributed by atoms with Crippen molar-refractivity contribution in [2.75, 3.05) is 6.54 Å². The highest BCUT2D eigenvalue weighted by atomic mass is 32.2. The summed E-state index contributed by atoms with van der Waals surface area (Å²) in [6.07, 6.45) is 0.190. The Morgan fingerprint density at radius 3 is 2.42 bits per heavy atom. The molecule has 144 valence electrons. The Morgan fingerprint density at radius 1 is 1.27 bits per heavy atom. The number of halogens is 3. The summed E-state index contributed by atoms with van der Waals surface area (Å²) in [5.41, 5.74) is -5.15. The van der Waals surface area contributed by atoms with Crippen LogP contribution in [0.15, 0.2) is 30.3 Å². The van der Waals surface area contributed by atoms with Crippen LogP contribution in [0.3, 0.4) is 0 Å². The smallest absolute Gasteiger partial charge is 0.480 e. The molecule has 1 aliphatic heterocycles. The SMILES string of the molecule is O=C(O)[C@@H]1CCCN1C(=O)[C@@H](Cc1ccccc1)NS(=O)(=O)C(F)(F)F. The second kappa shape index (κ2) is 7.62. The van der Waals surface area contributed by atoms with Gasteiger partial charge in [-0.25, -0.2) is 13.2 Å². The maximum absolute atomic E-state index is 12.7. The van der Waals surface area contributed by atoms with Gasteiger partial charge >= 0.3 is 21.5 Å². The molecule has 1 saturated heterocycles. The standard InChI is InChI=1S/C15H17F3N2O5S/c16-15(17,18)26(24,25)19-11(9-10-5-2-1-3-6-10)13(21)20-8-4-7-12(20)14(22)23/h1-3,5-6,11-12,19H,4,7-9H2,(H,22,23)/t11-,12+/m1/s1. The van der Waals surface area contributed by atoms with Gasteiger partial charge in [0, 0.05) is 6.54 Å². The van der Waals surface area contributed by atoms with Crippen LogP contribution in [0.5, 0.6) is 0 Å². The van der Waals surface area contributed by atoms with Crippen molar-refractivity contribution in [3.8, 4) is 0 Å². The second-order valence-electron chi connectivity index (χ2n) is 5.84. The number of likely N-dealkylation sites (tertiary alicyclic amines) is 1. The molecule has 0 bridgehead atoms. The van der Waals surface area contributed by atoms with Gasteiger partial charge in [-0.1, -0.05) is 30.3 Å². The van der Waals surface area contributed by atoms with Crippen LogP contribution in [0.2, 0.25) is 0 Å². The van der Waals surface area contributed by atoms with Crippen molar-refractivity contribution in [3.63, 3.8) is 0 Å². The van der Waals surface area contributed by atoms with Crippen LogP contribution in [-0.2, 0) is 26.0 Å². The van der Waals surface area contributed by atoms with Gasteiger partial charge in [-0.3, -0.25) is 4.79 Å². The normalized spacial score (nSPS) is 19.3. The molecule has 1 amide bonds. The van der Waals surface area contributed by atoms with E-state index in [1.807, 2.05) is 0 Å². The summed E-state index contributed by atoms with van der Waals surface area (Å²) >= 11 is 0. The van der Waals surface area contributed by atoms with Crippen molar-refractivity contribution in [1.29, 1.82) is 0 Å². The van der Waals surface area contributed by atoms with Crippen LogP contribution < -0.4 is 4.72 Å². The number of carbonyl (C=O) groups excluding carboxylic acids is 1. The monoisotopic (exact) mass is 394 g/mol. The average Bonchev–Trinajstić information content (AvgIpc) is 3.03. The lowest BCUT2D eigenvalue weighted by Crippen LogP contribution is -2.54. The number of sulfonamides is 1. The molecule has 2 rings (SSSR count). The molecule has 2 N–H and O–H groups in total. The summed E-state index contributed by atoms with van der Waals surface area (Å²) in [4.78, 5) is 24.8. The van der Waals surface area contributed by atoms with Gasteiger partial charge < -0.3 is 10.0 Å². The minimum Gasteiger partial charge on any atom is -0.480 e. The van der Waals surface area contributed by atoms with Crippen LogP contribution in [0.25, 0.3) is 0 Å². The summed E-state index contributed by atoms with van der Waals surface area (Å²) in [5.74, 6) is -2.28. The van der Waals surface area contributed by atoms with E-state index in [0.29, 0.717) is 12.0 Å². The van der Waals surface area contributed by atoms with E-state index < -0.39 is 39.5 Å². The van der Waals surface area contributed by atoms with E-state index in [-0.39, 0.29) is 19.4 Å². The molecule has 26 heavy (non-hydrogen) atoms. The Labute approximate surface area is 147 Å². The van der Waals surface area contributed by atoms with E-state index in [1.54, 1.807) is 18.2 Å². The molecule has 7 nitrogen and oxygen atoms in total. The highest BCUT2D eigenvalue weighted by Gasteiger charge is 2.48. The van der Waals surface area contributed by atoms with Gasteiger partial charge in [0.25, 0.3) is 0 Å². The predicted molar refractivity (Wildman–Crippen MR) is 84.4 cm³/mol. The molecule has 0 aromatic heterocycles. The molecule has 0 spiro atoms. The van der Waals surface area contributed by atoms with Crippen LogP contribution in [0.1, 0.15) is 18.4 Å². The van der Waals surface area contributed by atoms with Crippen LogP contribution in [-0.4, -0.2) is 54.4 Å². The molecule has 0 unspecified atom stereocenters. The minimum atomic E-state index is -5.77. The summed E-state index contributed by atoms with van der Waals surface area (Å²) in [5, 5.41) is 9.15. The van der Waals surface area contributed by atoms with Crippen LogP contribution in [0.4, 0.5) is 13.2 Å². The Morgan fingerprint density at radius 2 is 1.88 bits per heavy atom. The zero-order chi connectivity index (χ0) is 19.5. The fourth-order valence-corrected chi connectivity index (χ4v) is 3.46. The Hall–Kier alpha value is -2.14. The fraction of sp³-hybridized carbons (Fsp3) is 0.467. The first-order valence-electron chi connectivity index (χ1n) is 7.69. The van der Waals surface area contributed by atoms with E-state index in [9.17, 15) is 31.2 Å². The number of aliphatic carboxylic acids is 1. The van der Waals surface area contributed by atoms with Crippen molar-refractivity contribution in [3.05, 3.63) is 35.9 Å². The number of benzene rings is 1. The highest BCUT2D eigenvalue weighted by molar-refractivity contribution is 7.90. The van der Waals surface area contributed by atoms with Crippen molar-refractivity contribution in [2.45, 2.75) is 36.9 Å². The van der Waals surface area contributed by atoms with E-state index >= 15 is 0 Å². The number of carbonyl (C=O) groups is 2. The average molecular weight is 394 g/mol. The van der Waals surface area contributed by atoms with Gasteiger partial charge in [-0.15, -0.1) is 0 Å². The predicted octanol–water partition coefficient (Wildman–Crippen LogP) is 1.11. The van der Waals surface area contributed by atoms with Gasteiger partial charge in [-0.2, -0.15) is 17.9 Å². The first-order valence-corrected chi connectivity index (χ1v) is 9.17. The molecule has 1 aromatic rings. The molecule has 0 aliphatic carbocycles. The van der Waals surface area contributed by atoms with E-state index in [1.165, 1.54) is 16.9 Å². The zero-order valence-corrected chi connectivity index (χ0v) is 14.3. The van der Waals surface area contributed by atoms with Crippen LogP contribution in [0, 0.1) is 0 Å². The van der Waals surface area contributed by atoms with Gasteiger partial charge in [0.15, 0.2) is 0 Å². The zero-order valence-electron chi connectivity index (χ0n) is 13.4. The molecule has 1 aromatic carbocycles. The topological polar surface area (TPSA) is 104 Å². The molecule has 2 atom stereocenters. The number of hydrogen-bond donors (Lipinski definition) is 2. The van der Waals surface area contributed by atoms with Gasteiger partial charge in [-0.05, 0) is 24.8 Å². The van der Waals surface area contributed by atoms with Crippen molar-refractivity contribution in [1.82, 2.24) is 9.62 Å². The lowest BCUT2D eigenvalue weighted by atomic mass is 10.1. The first-order chi connectivity index (χ1) is 12.0. The molecule has 11 heteroatoms. The van der Waals surface area contributed by atoms with Crippen molar-refractivity contribution < 1.29 is 36.3 Å². The summed E-state index contributed by atoms with van der Waals surface area (Å²) in [7, 11) is -5.77. The Balaban J connectivity index is 2.30. The first kappa shape index (κ1) is 20.2. The van der Waals surface area contributed by atoms with E-state index in [0.717, 1.165) is 4.90 Å². The van der Waals surface area contributed by atoms with Crippen molar-refractivity contribution >= 4 is 21.9 Å². The third-order valence-electron chi connectivity index (χ3n) is 4.00. The Kier molecular flexibility index (Phi) is 5.91. The second-order valence-corrected chi connectivity index (χ2v) is 7.54. The number of amides is 1. The van der Waals surface area contributed by atoms with Crippen molar-refractivity contribution in [2.24, 2.45) is 0 Å². The molecular weight excluding hydrogens is 377 g/mol. The molecule has 1 fully saturated rings. The Bertz CT molecular complexity index is 767. The highest BCUT2D eigenvalue weighted by Crippen LogP contribution is 2.24. The van der Waals surface area contributed by atoms with Crippen LogP contribution >= 0.6 is 0 Å². The maximum Gasteiger partial charge on any atom is 0.511 e. The molecule has 0 saturated carbocycles. The summed E-state index contributed by atoms with van der Waals surface area (Å²) in [6, 6.07) is 4.94. The summed E-state index contributed by atoms with van der Waals surface area (Å²) < 4.78 is 62.4. The number of nitrogens with zero attached hydrogens (tertiary/aromatic N) is 1.